The minimum absolute atomic E-state index is 0.0392. The first-order valence-corrected chi connectivity index (χ1v) is 10.4. The maximum absolute atomic E-state index is 12.7. The fourth-order valence-corrected chi connectivity index (χ4v) is 2.81. The van der Waals surface area contributed by atoms with E-state index < -0.39 is 0 Å². The number of hydrogen-bond donors (Lipinski definition) is 3. The molecular formula is C23H29N3O3S. The van der Waals surface area contributed by atoms with Gasteiger partial charge in [-0.15, -0.1) is 0 Å². The molecule has 0 saturated carbocycles. The summed E-state index contributed by atoms with van der Waals surface area (Å²) in [5.74, 6) is 0.504. The zero-order valence-electron chi connectivity index (χ0n) is 17.8. The van der Waals surface area contributed by atoms with E-state index in [1.54, 1.807) is 42.5 Å². The van der Waals surface area contributed by atoms with Crippen molar-refractivity contribution >= 4 is 34.8 Å². The van der Waals surface area contributed by atoms with E-state index >= 15 is 0 Å². The van der Waals surface area contributed by atoms with Crippen molar-refractivity contribution < 1.29 is 14.3 Å². The highest BCUT2D eigenvalue weighted by molar-refractivity contribution is 7.80. The second-order valence-corrected chi connectivity index (χ2v) is 8.05. The zero-order chi connectivity index (χ0) is 22.1. The molecule has 2 amide bonds. The number of benzene rings is 2. The SMILES string of the molecule is CC(C)CCOc1ccccc1C(=O)NC(=S)Nc1cccc(C(=O)NC(C)C)c1. The van der Waals surface area contributed by atoms with E-state index in [4.69, 9.17) is 17.0 Å². The van der Waals surface area contributed by atoms with Crippen LogP contribution in [0.25, 0.3) is 0 Å². The van der Waals surface area contributed by atoms with Crippen molar-refractivity contribution in [3.8, 4) is 5.75 Å². The normalized spacial score (nSPS) is 10.6. The summed E-state index contributed by atoms with van der Waals surface area (Å²) in [6.45, 7) is 8.57. The van der Waals surface area contributed by atoms with E-state index in [1.165, 1.54) is 0 Å². The maximum Gasteiger partial charge on any atom is 0.261 e. The summed E-state index contributed by atoms with van der Waals surface area (Å²) in [7, 11) is 0. The van der Waals surface area contributed by atoms with E-state index in [0.717, 1.165) is 6.42 Å². The molecule has 2 aromatic carbocycles. The lowest BCUT2D eigenvalue weighted by Crippen LogP contribution is -2.34. The lowest BCUT2D eigenvalue weighted by atomic mass is 10.1. The van der Waals surface area contributed by atoms with Crippen LogP contribution in [0.2, 0.25) is 0 Å². The van der Waals surface area contributed by atoms with Gasteiger partial charge in [-0.2, -0.15) is 0 Å². The van der Waals surface area contributed by atoms with Crippen molar-refractivity contribution in [2.75, 3.05) is 11.9 Å². The molecule has 0 spiro atoms. The molecular weight excluding hydrogens is 398 g/mol. The number of hydrogen-bond acceptors (Lipinski definition) is 4. The summed E-state index contributed by atoms with van der Waals surface area (Å²) in [5.41, 5.74) is 1.53. The van der Waals surface area contributed by atoms with E-state index in [9.17, 15) is 9.59 Å². The molecule has 3 N–H and O–H groups in total. The Balaban J connectivity index is 2.00. The number of para-hydroxylation sites is 1. The molecule has 0 atom stereocenters. The summed E-state index contributed by atoms with van der Waals surface area (Å²) in [5, 5.41) is 8.59. The molecule has 0 unspecified atom stereocenters. The highest BCUT2D eigenvalue weighted by atomic mass is 32.1. The first-order chi connectivity index (χ1) is 14.3. The third-order valence-electron chi connectivity index (χ3n) is 4.11. The first-order valence-electron chi connectivity index (χ1n) is 10.0. The number of amides is 2. The molecule has 0 aromatic heterocycles. The molecule has 0 aliphatic heterocycles. The Kier molecular flexibility index (Phi) is 8.80. The number of rotatable bonds is 8. The highest BCUT2D eigenvalue weighted by Gasteiger charge is 2.14. The summed E-state index contributed by atoms with van der Waals surface area (Å²) in [6, 6.07) is 14.0. The summed E-state index contributed by atoms with van der Waals surface area (Å²) < 4.78 is 5.77. The van der Waals surface area contributed by atoms with Crippen molar-refractivity contribution in [2.24, 2.45) is 5.92 Å². The Labute approximate surface area is 183 Å². The van der Waals surface area contributed by atoms with Crippen LogP contribution in [0.1, 0.15) is 54.8 Å². The van der Waals surface area contributed by atoms with Gasteiger partial charge in [-0.3, -0.25) is 14.9 Å². The van der Waals surface area contributed by atoms with Gasteiger partial charge < -0.3 is 15.4 Å². The van der Waals surface area contributed by atoms with Gasteiger partial charge in [0.05, 0.1) is 12.2 Å². The number of ether oxygens (including phenoxy) is 1. The van der Waals surface area contributed by atoms with Gasteiger partial charge in [0, 0.05) is 17.3 Å². The van der Waals surface area contributed by atoms with Crippen molar-refractivity contribution in [1.29, 1.82) is 0 Å². The van der Waals surface area contributed by atoms with Crippen LogP contribution in [0, 0.1) is 5.92 Å². The molecule has 0 radical (unpaired) electrons. The number of thiocarbonyl (C=S) groups is 1. The van der Waals surface area contributed by atoms with Gasteiger partial charge >= 0.3 is 0 Å². The van der Waals surface area contributed by atoms with Crippen LogP contribution >= 0.6 is 12.2 Å². The maximum atomic E-state index is 12.7. The highest BCUT2D eigenvalue weighted by Crippen LogP contribution is 2.19. The van der Waals surface area contributed by atoms with Crippen LogP contribution in [0.5, 0.6) is 5.75 Å². The first kappa shape index (κ1) is 23.3. The van der Waals surface area contributed by atoms with E-state index in [-0.39, 0.29) is 23.0 Å². The second-order valence-electron chi connectivity index (χ2n) is 7.64. The third kappa shape index (κ3) is 7.48. The molecule has 0 aliphatic rings. The van der Waals surface area contributed by atoms with Crippen LogP contribution in [0.3, 0.4) is 0 Å². The Bertz CT molecular complexity index is 897. The number of anilines is 1. The second kappa shape index (κ2) is 11.3. The monoisotopic (exact) mass is 427 g/mol. The number of carbonyl (C=O) groups excluding carboxylic acids is 2. The average molecular weight is 428 g/mol. The van der Waals surface area contributed by atoms with E-state index in [2.05, 4.69) is 29.8 Å². The van der Waals surface area contributed by atoms with Crippen LogP contribution in [-0.4, -0.2) is 29.6 Å². The molecule has 0 bridgehead atoms. The molecule has 2 aromatic rings. The Morgan fingerprint density at radius 3 is 2.43 bits per heavy atom. The van der Waals surface area contributed by atoms with Crippen LogP contribution < -0.4 is 20.7 Å². The summed E-state index contributed by atoms with van der Waals surface area (Å²) >= 11 is 5.27. The summed E-state index contributed by atoms with van der Waals surface area (Å²) in [6.07, 6.45) is 0.899. The Morgan fingerprint density at radius 2 is 1.73 bits per heavy atom. The fraction of sp³-hybridized carbons (Fsp3) is 0.348. The van der Waals surface area contributed by atoms with Crippen molar-refractivity contribution in [2.45, 2.75) is 40.2 Å². The molecule has 0 aliphatic carbocycles. The average Bonchev–Trinajstić information content (AvgIpc) is 2.67. The predicted molar refractivity (Wildman–Crippen MR) is 124 cm³/mol. The lowest BCUT2D eigenvalue weighted by molar-refractivity contribution is 0.0940. The molecule has 30 heavy (non-hydrogen) atoms. The minimum atomic E-state index is -0.360. The molecule has 0 fully saturated rings. The molecule has 6 nitrogen and oxygen atoms in total. The molecule has 2 rings (SSSR count). The minimum Gasteiger partial charge on any atom is -0.493 e. The Morgan fingerprint density at radius 1 is 1.00 bits per heavy atom. The van der Waals surface area contributed by atoms with Crippen LogP contribution in [0.4, 0.5) is 5.69 Å². The van der Waals surface area contributed by atoms with Gasteiger partial charge in [0.1, 0.15) is 5.75 Å². The standard InChI is InChI=1S/C23H29N3O3S/c1-15(2)12-13-29-20-11-6-5-10-19(20)22(28)26-23(30)25-18-9-7-8-17(14-18)21(27)24-16(3)4/h5-11,14-16H,12-13H2,1-4H3,(H,24,27)(H2,25,26,28,30). The zero-order valence-corrected chi connectivity index (χ0v) is 18.6. The smallest absolute Gasteiger partial charge is 0.261 e. The van der Waals surface area contributed by atoms with Crippen molar-refractivity contribution in [3.63, 3.8) is 0 Å². The summed E-state index contributed by atoms with van der Waals surface area (Å²) in [4.78, 5) is 24.8. The molecule has 0 heterocycles. The largest absolute Gasteiger partial charge is 0.493 e. The van der Waals surface area contributed by atoms with Crippen molar-refractivity contribution in [3.05, 3.63) is 59.7 Å². The van der Waals surface area contributed by atoms with Gasteiger partial charge in [0.2, 0.25) is 0 Å². The van der Waals surface area contributed by atoms with Gasteiger partial charge in [0.15, 0.2) is 5.11 Å². The van der Waals surface area contributed by atoms with Gasteiger partial charge in [-0.05, 0) is 68.7 Å². The molecule has 7 heteroatoms. The van der Waals surface area contributed by atoms with Gasteiger partial charge in [0.25, 0.3) is 11.8 Å². The van der Waals surface area contributed by atoms with Gasteiger partial charge in [-0.25, -0.2) is 0 Å². The predicted octanol–water partition coefficient (Wildman–Crippen LogP) is 4.38. The number of nitrogens with one attached hydrogen (secondary N) is 3. The fourth-order valence-electron chi connectivity index (χ4n) is 2.60. The van der Waals surface area contributed by atoms with Crippen LogP contribution in [0.15, 0.2) is 48.5 Å². The quantitative estimate of drug-likeness (QED) is 0.545. The van der Waals surface area contributed by atoms with Crippen LogP contribution in [-0.2, 0) is 0 Å². The number of carbonyl (C=O) groups is 2. The van der Waals surface area contributed by atoms with Crippen molar-refractivity contribution in [1.82, 2.24) is 10.6 Å². The van der Waals surface area contributed by atoms with E-state index in [1.807, 2.05) is 19.9 Å². The Hall–Kier alpha value is -2.93. The van der Waals surface area contributed by atoms with E-state index in [0.29, 0.717) is 35.1 Å². The molecule has 0 saturated heterocycles. The topological polar surface area (TPSA) is 79.5 Å². The third-order valence-corrected chi connectivity index (χ3v) is 4.32. The van der Waals surface area contributed by atoms with Gasteiger partial charge in [-0.1, -0.05) is 32.0 Å². The molecule has 160 valence electrons. The lowest BCUT2D eigenvalue weighted by Gasteiger charge is -2.14.